The van der Waals surface area contributed by atoms with Crippen molar-refractivity contribution in [3.63, 3.8) is 0 Å². The van der Waals surface area contributed by atoms with E-state index in [1.54, 1.807) is 6.20 Å². The number of nitrogens with zero attached hydrogens (tertiary/aromatic N) is 2. The van der Waals surface area contributed by atoms with E-state index >= 15 is 0 Å². The maximum absolute atomic E-state index is 5.17. The molecule has 0 radical (unpaired) electrons. The summed E-state index contributed by atoms with van der Waals surface area (Å²) in [5.41, 5.74) is 0.254. The molecule has 0 aromatic carbocycles. The number of ether oxygens (including phenoxy) is 1. The van der Waals surface area contributed by atoms with E-state index in [0.717, 1.165) is 30.0 Å². The van der Waals surface area contributed by atoms with E-state index in [-0.39, 0.29) is 5.41 Å². The first-order chi connectivity index (χ1) is 6.70. The number of nitrogens with one attached hydrogen (secondary N) is 1. The van der Waals surface area contributed by atoms with Gasteiger partial charge in [-0.2, -0.15) is 0 Å². The van der Waals surface area contributed by atoms with Crippen molar-refractivity contribution < 1.29 is 4.74 Å². The molecule has 2 heterocycles. The van der Waals surface area contributed by atoms with Crippen LogP contribution in [0.1, 0.15) is 6.92 Å². The molecule has 5 heteroatoms. The van der Waals surface area contributed by atoms with Crippen molar-refractivity contribution in [1.82, 2.24) is 9.97 Å². The minimum atomic E-state index is 0.254. The molecule has 0 spiro atoms. The molecule has 76 valence electrons. The van der Waals surface area contributed by atoms with Crippen molar-refractivity contribution >= 4 is 21.7 Å². The lowest BCUT2D eigenvalue weighted by Gasteiger charge is -2.38. The van der Waals surface area contributed by atoms with Crippen molar-refractivity contribution in [2.75, 3.05) is 25.1 Å². The Hall–Kier alpha value is -0.680. The summed E-state index contributed by atoms with van der Waals surface area (Å²) in [6.07, 6.45) is 3.27. The van der Waals surface area contributed by atoms with Crippen LogP contribution in [-0.4, -0.2) is 29.7 Å². The van der Waals surface area contributed by atoms with Gasteiger partial charge in [-0.05, 0) is 15.9 Å². The largest absolute Gasteiger partial charge is 0.380 e. The van der Waals surface area contributed by atoms with Gasteiger partial charge in [-0.1, -0.05) is 6.92 Å². The highest BCUT2D eigenvalue weighted by atomic mass is 79.9. The zero-order valence-corrected chi connectivity index (χ0v) is 9.54. The van der Waals surface area contributed by atoms with Crippen LogP contribution in [0.2, 0.25) is 0 Å². The molecule has 1 aliphatic heterocycles. The van der Waals surface area contributed by atoms with Gasteiger partial charge < -0.3 is 10.1 Å². The molecule has 0 saturated carbocycles. The molecule has 14 heavy (non-hydrogen) atoms. The summed E-state index contributed by atoms with van der Waals surface area (Å²) in [5, 5.41) is 3.28. The molecule has 0 amide bonds. The predicted molar refractivity (Wildman–Crippen MR) is 57.1 cm³/mol. The molecule has 1 saturated heterocycles. The van der Waals surface area contributed by atoms with Gasteiger partial charge >= 0.3 is 0 Å². The number of halogens is 1. The Morgan fingerprint density at radius 2 is 2.43 bits per heavy atom. The lowest BCUT2D eigenvalue weighted by molar-refractivity contribution is -0.0924. The second-order valence-electron chi connectivity index (χ2n) is 3.88. The van der Waals surface area contributed by atoms with E-state index in [9.17, 15) is 0 Å². The first-order valence-electron chi connectivity index (χ1n) is 4.47. The maximum atomic E-state index is 5.17. The summed E-state index contributed by atoms with van der Waals surface area (Å²) in [6.45, 7) is 4.71. The summed E-state index contributed by atoms with van der Waals surface area (Å²) in [4.78, 5) is 8.03. The van der Waals surface area contributed by atoms with Crippen LogP contribution >= 0.6 is 15.9 Å². The highest BCUT2D eigenvalue weighted by Crippen LogP contribution is 2.27. The minimum Gasteiger partial charge on any atom is -0.380 e. The standard InChI is InChI=1S/C9H12BrN3O/c1-9(4-14-5-9)3-12-8-7(10)2-11-6-13-8/h2,6H,3-5H2,1H3,(H,11,12,13). The zero-order valence-electron chi connectivity index (χ0n) is 7.96. The van der Waals surface area contributed by atoms with Crippen LogP contribution < -0.4 is 5.32 Å². The molecule has 1 aliphatic rings. The molecule has 0 bridgehead atoms. The fourth-order valence-electron chi connectivity index (χ4n) is 1.29. The first kappa shape index (κ1) is 9.86. The number of anilines is 1. The van der Waals surface area contributed by atoms with Crippen molar-refractivity contribution in [1.29, 1.82) is 0 Å². The van der Waals surface area contributed by atoms with Crippen LogP contribution in [0.15, 0.2) is 17.0 Å². The smallest absolute Gasteiger partial charge is 0.143 e. The highest BCUT2D eigenvalue weighted by Gasteiger charge is 2.33. The third kappa shape index (κ3) is 2.04. The lowest BCUT2D eigenvalue weighted by atomic mass is 9.89. The van der Waals surface area contributed by atoms with Gasteiger partial charge in [0.1, 0.15) is 12.1 Å². The molecular formula is C9H12BrN3O. The van der Waals surface area contributed by atoms with E-state index < -0.39 is 0 Å². The van der Waals surface area contributed by atoms with Gasteiger partial charge in [-0.3, -0.25) is 0 Å². The molecule has 0 unspecified atom stereocenters. The predicted octanol–water partition coefficient (Wildman–Crippen LogP) is 1.69. The van der Waals surface area contributed by atoms with Crippen LogP contribution in [0.25, 0.3) is 0 Å². The number of rotatable bonds is 3. The summed E-state index contributed by atoms with van der Waals surface area (Å²) in [5.74, 6) is 0.841. The summed E-state index contributed by atoms with van der Waals surface area (Å²) in [6, 6.07) is 0. The minimum absolute atomic E-state index is 0.254. The third-order valence-corrected chi connectivity index (χ3v) is 2.83. The Balaban J connectivity index is 1.95. The molecular weight excluding hydrogens is 246 g/mol. The molecule has 0 atom stereocenters. The van der Waals surface area contributed by atoms with Crippen LogP contribution in [0.5, 0.6) is 0 Å². The molecule has 4 nitrogen and oxygen atoms in total. The molecule has 1 aromatic rings. The maximum Gasteiger partial charge on any atom is 0.143 e. The molecule has 2 rings (SSSR count). The summed E-state index contributed by atoms with van der Waals surface area (Å²) >= 11 is 3.39. The van der Waals surface area contributed by atoms with Crippen LogP contribution in [0.4, 0.5) is 5.82 Å². The second-order valence-corrected chi connectivity index (χ2v) is 4.73. The third-order valence-electron chi connectivity index (χ3n) is 2.25. The Morgan fingerprint density at radius 1 is 1.64 bits per heavy atom. The molecule has 1 aromatic heterocycles. The Morgan fingerprint density at radius 3 is 3.00 bits per heavy atom. The fraction of sp³-hybridized carbons (Fsp3) is 0.556. The van der Waals surface area contributed by atoms with E-state index in [0.29, 0.717) is 0 Å². The van der Waals surface area contributed by atoms with Gasteiger partial charge in [0.15, 0.2) is 0 Å². The molecule has 1 N–H and O–H groups in total. The van der Waals surface area contributed by atoms with Crippen LogP contribution in [0.3, 0.4) is 0 Å². The number of hydrogen-bond donors (Lipinski definition) is 1. The normalized spacial score (nSPS) is 18.7. The average molecular weight is 258 g/mol. The van der Waals surface area contributed by atoms with Crippen LogP contribution in [0, 0.1) is 5.41 Å². The summed E-state index contributed by atoms with van der Waals surface area (Å²) in [7, 11) is 0. The van der Waals surface area contributed by atoms with E-state index in [2.05, 4.69) is 38.1 Å². The van der Waals surface area contributed by atoms with Crippen molar-refractivity contribution in [2.24, 2.45) is 5.41 Å². The molecule has 1 fully saturated rings. The van der Waals surface area contributed by atoms with Gasteiger partial charge in [0.2, 0.25) is 0 Å². The second kappa shape index (κ2) is 3.82. The van der Waals surface area contributed by atoms with E-state index in [4.69, 9.17) is 4.74 Å². The Labute approximate surface area is 91.2 Å². The highest BCUT2D eigenvalue weighted by molar-refractivity contribution is 9.10. The summed E-state index contributed by atoms with van der Waals surface area (Å²) < 4.78 is 6.06. The van der Waals surface area contributed by atoms with Gasteiger partial charge in [-0.15, -0.1) is 0 Å². The molecule has 0 aliphatic carbocycles. The number of aromatic nitrogens is 2. The Kier molecular flexibility index (Phi) is 2.69. The van der Waals surface area contributed by atoms with E-state index in [1.807, 2.05) is 0 Å². The monoisotopic (exact) mass is 257 g/mol. The topological polar surface area (TPSA) is 47.0 Å². The fourth-order valence-corrected chi connectivity index (χ4v) is 1.65. The van der Waals surface area contributed by atoms with Crippen molar-refractivity contribution in [3.8, 4) is 0 Å². The zero-order chi connectivity index (χ0) is 10.0. The quantitative estimate of drug-likeness (QED) is 0.896. The average Bonchev–Trinajstić information content (AvgIpc) is 2.14. The number of hydrogen-bond acceptors (Lipinski definition) is 4. The van der Waals surface area contributed by atoms with E-state index in [1.165, 1.54) is 6.33 Å². The Bertz CT molecular complexity index is 328. The van der Waals surface area contributed by atoms with Gasteiger partial charge in [-0.25, -0.2) is 9.97 Å². The van der Waals surface area contributed by atoms with Gasteiger partial charge in [0.25, 0.3) is 0 Å². The van der Waals surface area contributed by atoms with Crippen molar-refractivity contribution in [3.05, 3.63) is 17.0 Å². The lowest BCUT2D eigenvalue weighted by Crippen LogP contribution is -2.45. The SMILES string of the molecule is CC1(CNc2ncncc2Br)COC1. The van der Waals surface area contributed by atoms with Crippen LogP contribution in [-0.2, 0) is 4.74 Å². The van der Waals surface area contributed by atoms with Gasteiger partial charge in [0.05, 0.1) is 17.7 Å². The van der Waals surface area contributed by atoms with Crippen molar-refractivity contribution in [2.45, 2.75) is 6.92 Å². The van der Waals surface area contributed by atoms with Gasteiger partial charge in [0, 0.05) is 18.2 Å². The first-order valence-corrected chi connectivity index (χ1v) is 5.26.